The van der Waals surface area contributed by atoms with Crippen LogP contribution < -0.4 is 10.6 Å². The van der Waals surface area contributed by atoms with Crippen molar-refractivity contribution in [1.29, 1.82) is 5.26 Å². The van der Waals surface area contributed by atoms with Crippen LogP contribution in [0.4, 0.5) is 5.69 Å². The Morgan fingerprint density at radius 2 is 1.87 bits per heavy atom. The predicted molar refractivity (Wildman–Crippen MR) is 108 cm³/mol. The van der Waals surface area contributed by atoms with Gasteiger partial charge in [-0.3, -0.25) is 4.79 Å². The molecule has 0 aromatic heterocycles. The molecule has 0 radical (unpaired) electrons. The van der Waals surface area contributed by atoms with Gasteiger partial charge in [0.15, 0.2) is 5.41 Å². The Morgan fingerprint density at radius 1 is 1.20 bits per heavy atom. The van der Waals surface area contributed by atoms with Crippen LogP contribution in [0, 0.1) is 11.3 Å². The average Bonchev–Trinajstić information content (AvgIpc) is 2.96. The Kier molecular flexibility index (Phi) is 4.55. The minimum absolute atomic E-state index is 0.0132. The summed E-state index contributed by atoms with van der Waals surface area (Å²) in [5.41, 5.74) is 6.01. The predicted octanol–water partition coefficient (Wildman–Crippen LogP) is 2.64. The molecule has 7 nitrogen and oxygen atoms in total. The van der Waals surface area contributed by atoms with Gasteiger partial charge in [-0.05, 0) is 18.6 Å². The molecule has 0 saturated carbocycles. The molecular weight excluding hydrogens is 382 g/mol. The number of carbonyl (C=O) groups excluding carboxylic acids is 2. The van der Waals surface area contributed by atoms with Crippen molar-refractivity contribution in [2.45, 2.75) is 18.9 Å². The number of benzene rings is 2. The number of carbonyl (C=O) groups is 2. The van der Waals surface area contributed by atoms with Crippen LogP contribution in [0.3, 0.4) is 0 Å². The molecule has 1 atom stereocenters. The first kappa shape index (κ1) is 19.3. The van der Waals surface area contributed by atoms with E-state index in [1.54, 1.807) is 31.3 Å². The van der Waals surface area contributed by atoms with Gasteiger partial charge in [-0.2, -0.15) is 5.26 Å². The van der Waals surface area contributed by atoms with E-state index in [-0.39, 0.29) is 29.4 Å². The lowest BCUT2D eigenvalue weighted by Gasteiger charge is -2.34. The number of nitrogens with two attached hydrogens (primary N) is 1. The second-order valence-corrected chi connectivity index (χ2v) is 7.08. The summed E-state index contributed by atoms with van der Waals surface area (Å²) in [6, 6.07) is 18.2. The van der Waals surface area contributed by atoms with Crippen LogP contribution in [-0.4, -0.2) is 18.9 Å². The third-order valence-corrected chi connectivity index (χ3v) is 5.44. The van der Waals surface area contributed by atoms with Crippen molar-refractivity contribution in [1.82, 2.24) is 0 Å². The summed E-state index contributed by atoms with van der Waals surface area (Å²) >= 11 is 0. The number of rotatable bonds is 3. The average molecular weight is 401 g/mol. The van der Waals surface area contributed by atoms with Gasteiger partial charge < -0.3 is 20.1 Å². The van der Waals surface area contributed by atoms with Crippen molar-refractivity contribution in [2.75, 3.05) is 11.9 Å². The molecule has 2 aliphatic rings. The fourth-order valence-electron chi connectivity index (χ4n) is 4.11. The molecule has 30 heavy (non-hydrogen) atoms. The van der Waals surface area contributed by atoms with E-state index in [0.29, 0.717) is 11.3 Å². The number of ether oxygens (including phenoxy) is 2. The zero-order valence-corrected chi connectivity index (χ0v) is 16.5. The third kappa shape index (κ3) is 2.58. The first-order chi connectivity index (χ1) is 14.4. The van der Waals surface area contributed by atoms with Gasteiger partial charge in [0.05, 0.1) is 0 Å². The summed E-state index contributed by atoms with van der Waals surface area (Å²) in [5, 5.41) is 9.90. The summed E-state index contributed by atoms with van der Waals surface area (Å²) in [6.07, 6.45) is 0. The van der Waals surface area contributed by atoms with E-state index in [0.717, 1.165) is 5.56 Å². The molecule has 1 spiro atoms. The van der Waals surface area contributed by atoms with Gasteiger partial charge in [0.2, 0.25) is 11.8 Å². The molecule has 0 saturated heterocycles. The molecule has 2 aromatic carbocycles. The standard InChI is InChI=1S/C23H19N3O4/c1-14-19(21(27)29-13-15-8-4-3-5-9-15)23(17(12-24)20(25)30-14)16-10-6-7-11-18(16)26(2)22(23)28/h3-11H,13,25H2,1-2H3/t23-/m0/s1. The SMILES string of the molecule is CC1=C(C(=O)OCc2ccccc2)[C@@]2(C(=O)N(C)c3ccccc32)C(C#N)=C(N)O1. The fraction of sp³-hybridized carbons (Fsp3) is 0.174. The van der Waals surface area contributed by atoms with E-state index in [1.807, 2.05) is 36.4 Å². The summed E-state index contributed by atoms with van der Waals surface area (Å²) in [6.45, 7) is 1.55. The van der Waals surface area contributed by atoms with E-state index in [1.165, 1.54) is 11.8 Å². The molecule has 0 aliphatic carbocycles. The highest BCUT2D eigenvalue weighted by atomic mass is 16.5. The maximum Gasteiger partial charge on any atom is 0.339 e. The molecule has 2 aliphatic heterocycles. The Balaban J connectivity index is 1.87. The highest BCUT2D eigenvalue weighted by Gasteiger charge is 2.61. The van der Waals surface area contributed by atoms with E-state index < -0.39 is 17.3 Å². The molecule has 2 N–H and O–H groups in total. The fourth-order valence-corrected chi connectivity index (χ4v) is 4.11. The maximum atomic E-state index is 13.6. The largest absolute Gasteiger partial charge is 0.457 e. The summed E-state index contributed by atoms with van der Waals surface area (Å²) in [7, 11) is 1.60. The van der Waals surface area contributed by atoms with Crippen LogP contribution in [0.5, 0.6) is 0 Å². The molecular formula is C23H19N3O4. The monoisotopic (exact) mass is 401 g/mol. The van der Waals surface area contributed by atoms with Crippen LogP contribution in [0.25, 0.3) is 0 Å². The number of nitriles is 1. The van der Waals surface area contributed by atoms with Gasteiger partial charge in [-0.25, -0.2) is 4.79 Å². The summed E-state index contributed by atoms with van der Waals surface area (Å²) < 4.78 is 11.0. The highest BCUT2D eigenvalue weighted by Crippen LogP contribution is 2.53. The number of para-hydroxylation sites is 1. The summed E-state index contributed by atoms with van der Waals surface area (Å²) in [5.74, 6) is -1.27. The van der Waals surface area contributed by atoms with Crippen LogP contribution in [0.15, 0.2) is 77.4 Å². The van der Waals surface area contributed by atoms with E-state index in [4.69, 9.17) is 15.2 Å². The minimum atomic E-state index is -1.71. The van der Waals surface area contributed by atoms with Gasteiger partial charge >= 0.3 is 5.97 Å². The number of anilines is 1. The molecule has 1 amide bonds. The number of hydrogen-bond donors (Lipinski definition) is 1. The second-order valence-electron chi connectivity index (χ2n) is 7.08. The number of esters is 1. The van der Waals surface area contributed by atoms with E-state index in [2.05, 4.69) is 0 Å². The van der Waals surface area contributed by atoms with Crippen molar-refractivity contribution < 1.29 is 19.1 Å². The van der Waals surface area contributed by atoms with Crippen LogP contribution in [0.2, 0.25) is 0 Å². The van der Waals surface area contributed by atoms with E-state index >= 15 is 0 Å². The van der Waals surface area contributed by atoms with E-state index in [9.17, 15) is 14.9 Å². The zero-order valence-electron chi connectivity index (χ0n) is 16.5. The number of likely N-dealkylation sites (N-methyl/N-ethyl adjacent to an activating group) is 1. The minimum Gasteiger partial charge on any atom is -0.457 e. The van der Waals surface area contributed by atoms with Gasteiger partial charge in [0, 0.05) is 18.3 Å². The van der Waals surface area contributed by atoms with Gasteiger partial charge in [-0.1, -0.05) is 48.5 Å². The Labute approximate surface area is 173 Å². The van der Waals surface area contributed by atoms with Gasteiger partial charge in [0.25, 0.3) is 0 Å². The second kappa shape index (κ2) is 7.08. The third-order valence-electron chi connectivity index (χ3n) is 5.44. The number of nitrogens with zero attached hydrogens (tertiary/aromatic N) is 2. The van der Waals surface area contributed by atoms with Crippen LogP contribution >= 0.6 is 0 Å². The van der Waals surface area contributed by atoms with Gasteiger partial charge in [0.1, 0.15) is 29.6 Å². The van der Waals surface area contributed by atoms with Crippen LogP contribution in [-0.2, 0) is 31.1 Å². The number of amides is 1. The van der Waals surface area contributed by atoms with Crippen molar-refractivity contribution in [2.24, 2.45) is 5.73 Å². The molecule has 0 fully saturated rings. The Bertz CT molecular complexity index is 1160. The first-order valence-electron chi connectivity index (χ1n) is 9.31. The molecule has 0 bridgehead atoms. The number of hydrogen-bond acceptors (Lipinski definition) is 6. The van der Waals surface area contributed by atoms with Crippen LogP contribution in [0.1, 0.15) is 18.1 Å². The quantitative estimate of drug-likeness (QED) is 0.793. The molecule has 4 rings (SSSR count). The van der Waals surface area contributed by atoms with Gasteiger partial charge in [-0.15, -0.1) is 0 Å². The van der Waals surface area contributed by atoms with Crippen molar-refractivity contribution in [3.05, 3.63) is 88.5 Å². The first-order valence-corrected chi connectivity index (χ1v) is 9.31. The topological polar surface area (TPSA) is 106 Å². The number of allylic oxidation sites excluding steroid dienone is 1. The smallest absolute Gasteiger partial charge is 0.339 e. The zero-order chi connectivity index (χ0) is 21.5. The lowest BCUT2D eigenvalue weighted by Crippen LogP contribution is -2.47. The Morgan fingerprint density at radius 3 is 2.57 bits per heavy atom. The molecule has 2 heterocycles. The highest BCUT2D eigenvalue weighted by molar-refractivity contribution is 6.18. The molecule has 150 valence electrons. The molecule has 0 unspecified atom stereocenters. The normalized spacial score (nSPS) is 20.2. The maximum absolute atomic E-state index is 13.6. The van der Waals surface area contributed by atoms with Crippen molar-refractivity contribution in [3.63, 3.8) is 0 Å². The molecule has 2 aromatic rings. The molecule has 7 heteroatoms. The lowest BCUT2D eigenvalue weighted by molar-refractivity contribution is -0.142. The number of fused-ring (bicyclic) bond motifs is 2. The lowest BCUT2D eigenvalue weighted by atomic mass is 9.68. The summed E-state index contributed by atoms with van der Waals surface area (Å²) in [4.78, 5) is 28.3. The Hall–Kier alpha value is -4.05. The van der Waals surface area contributed by atoms with Crippen molar-refractivity contribution >= 4 is 17.6 Å². The van der Waals surface area contributed by atoms with Crippen molar-refractivity contribution in [3.8, 4) is 6.07 Å².